The van der Waals surface area contributed by atoms with Crippen molar-refractivity contribution in [1.29, 1.82) is 0 Å². The Hall–Kier alpha value is -0.380. The van der Waals surface area contributed by atoms with Crippen molar-refractivity contribution < 1.29 is 0 Å². The van der Waals surface area contributed by atoms with E-state index in [0.717, 1.165) is 10.9 Å². The molecule has 0 heterocycles. The molecule has 3 N–H and O–H groups in total. The summed E-state index contributed by atoms with van der Waals surface area (Å²) in [5, 5.41) is 0. The maximum Gasteiger partial charge on any atom is 0.0457 e. The van der Waals surface area contributed by atoms with Crippen LogP contribution in [0.2, 0.25) is 0 Å². The SMILES string of the molecule is CCC(NN)c1cc(C)cc(Br)c1. The number of aryl methyl sites for hydroxylation is 1. The monoisotopic (exact) mass is 242 g/mol. The molecule has 1 atom stereocenters. The molecule has 3 heteroatoms. The van der Waals surface area contributed by atoms with E-state index < -0.39 is 0 Å². The number of halogens is 1. The lowest BCUT2D eigenvalue weighted by atomic mass is 10.0. The Morgan fingerprint density at radius 3 is 2.62 bits per heavy atom. The van der Waals surface area contributed by atoms with Crippen molar-refractivity contribution in [3.05, 3.63) is 33.8 Å². The van der Waals surface area contributed by atoms with Crippen molar-refractivity contribution in [3.8, 4) is 0 Å². The van der Waals surface area contributed by atoms with Gasteiger partial charge in [-0.3, -0.25) is 11.3 Å². The van der Waals surface area contributed by atoms with Gasteiger partial charge in [0.1, 0.15) is 0 Å². The van der Waals surface area contributed by atoms with E-state index in [1.165, 1.54) is 11.1 Å². The second-order valence-corrected chi connectivity index (χ2v) is 4.11. The van der Waals surface area contributed by atoms with E-state index in [9.17, 15) is 0 Å². The number of benzene rings is 1. The van der Waals surface area contributed by atoms with Crippen LogP contribution in [0.4, 0.5) is 0 Å². The zero-order chi connectivity index (χ0) is 9.84. The highest BCUT2D eigenvalue weighted by molar-refractivity contribution is 9.10. The van der Waals surface area contributed by atoms with Gasteiger partial charge in [-0.15, -0.1) is 0 Å². The molecule has 0 saturated carbocycles. The predicted molar refractivity (Wildman–Crippen MR) is 59.2 cm³/mol. The summed E-state index contributed by atoms with van der Waals surface area (Å²) in [5.74, 6) is 5.45. The lowest BCUT2D eigenvalue weighted by Crippen LogP contribution is -2.27. The lowest BCUT2D eigenvalue weighted by Gasteiger charge is -2.14. The minimum Gasteiger partial charge on any atom is -0.271 e. The first-order valence-corrected chi connectivity index (χ1v) is 5.20. The van der Waals surface area contributed by atoms with Crippen LogP contribution >= 0.6 is 15.9 Å². The van der Waals surface area contributed by atoms with Gasteiger partial charge in [-0.05, 0) is 36.6 Å². The van der Waals surface area contributed by atoms with Crippen molar-refractivity contribution >= 4 is 15.9 Å². The standard InChI is InChI=1S/C10H15BrN2/c1-3-10(13-12)8-4-7(2)5-9(11)6-8/h4-6,10,13H,3,12H2,1-2H3. The summed E-state index contributed by atoms with van der Waals surface area (Å²) < 4.78 is 1.11. The predicted octanol–water partition coefficient (Wildman–Crippen LogP) is 2.67. The number of nitrogens with one attached hydrogen (secondary N) is 1. The smallest absolute Gasteiger partial charge is 0.0457 e. The molecule has 2 nitrogen and oxygen atoms in total. The molecule has 0 aromatic heterocycles. The highest BCUT2D eigenvalue weighted by Gasteiger charge is 2.07. The van der Waals surface area contributed by atoms with Gasteiger partial charge in [0.15, 0.2) is 0 Å². The van der Waals surface area contributed by atoms with Gasteiger partial charge in [0.2, 0.25) is 0 Å². The molecule has 1 unspecified atom stereocenters. The topological polar surface area (TPSA) is 38.0 Å². The summed E-state index contributed by atoms with van der Waals surface area (Å²) in [7, 11) is 0. The summed E-state index contributed by atoms with van der Waals surface area (Å²) in [6, 6.07) is 6.59. The molecule has 13 heavy (non-hydrogen) atoms. The van der Waals surface area contributed by atoms with Gasteiger partial charge in [0.25, 0.3) is 0 Å². The molecular weight excluding hydrogens is 228 g/mol. The fourth-order valence-electron chi connectivity index (χ4n) is 1.42. The zero-order valence-corrected chi connectivity index (χ0v) is 9.56. The Morgan fingerprint density at radius 2 is 2.15 bits per heavy atom. The van der Waals surface area contributed by atoms with Crippen molar-refractivity contribution in [3.63, 3.8) is 0 Å². The first-order chi connectivity index (χ1) is 6.17. The maximum absolute atomic E-state index is 5.45. The second-order valence-electron chi connectivity index (χ2n) is 3.19. The second kappa shape index (κ2) is 4.74. The molecule has 0 amide bonds. The molecule has 1 rings (SSSR count). The highest BCUT2D eigenvalue weighted by Crippen LogP contribution is 2.21. The van der Waals surface area contributed by atoms with Gasteiger partial charge in [-0.2, -0.15) is 0 Å². The molecule has 0 bridgehead atoms. The molecule has 1 aromatic carbocycles. The zero-order valence-electron chi connectivity index (χ0n) is 7.97. The Kier molecular flexibility index (Phi) is 3.90. The van der Waals surface area contributed by atoms with Gasteiger partial charge in [0.05, 0.1) is 0 Å². The van der Waals surface area contributed by atoms with Gasteiger partial charge in [-0.25, -0.2) is 0 Å². The third-order valence-electron chi connectivity index (χ3n) is 2.08. The molecule has 0 spiro atoms. The number of hydrazine groups is 1. The van der Waals surface area contributed by atoms with Crippen LogP contribution in [0.1, 0.15) is 30.5 Å². The van der Waals surface area contributed by atoms with Crippen LogP contribution < -0.4 is 11.3 Å². The van der Waals surface area contributed by atoms with Crippen LogP contribution in [0.3, 0.4) is 0 Å². The summed E-state index contributed by atoms with van der Waals surface area (Å²) in [5.41, 5.74) is 5.28. The minimum absolute atomic E-state index is 0.246. The molecular formula is C10H15BrN2. The molecule has 0 saturated heterocycles. The Bertz CT molecular complexity index is 262. The van der Waals surface area contributed by atoms with E-state index in [2.05, 4.69) is 53.4 Å². The van der Waals surface area contributed by atoms with Crippen LogP contribution in [0.25, 0.3) is 0 Å². The van der Waals surface area contributed by atoms with Crippen molar-refractivity contribution in [2.24, 2.45) is 5.84 Å². The number of hydrogen-bond acceptors (Lipinski definition) is 2. The van der Waals surface area contributed by atoms with E-state index in [0.29, 0.717) is 0 Å². The van der Waals surface area contributed by atoms with Crippen LogP contribution in [-0.4, -0.2) is 0 Å². The van der Waals surface area contributed by atoms with Crippen molar-refractivity contribution in [1.82, 2.24) is 5.43 Å². The molecule has 0 aliphatic rings. The summed E-state index contributed by atoms with van der Waals surface area (Å²) in [4.78, 5) is 0. The van der Waals surface area contributed by atoms with Gasteiger partial charge >= 0.3 is 0 Å². The quantitative estimate of drug-likeness (QED) is 0.632. The third-order valence-corrected chi connectivity index (χ3v) is 2.53. The van der Waals surface area contributed by atoms with Crippen LogP contribution in [-0.2, 0) is 0 Å². The first kappa shape index (κ1) is 10.7. The van der Waals surface area contributed by atoms with E-state index in [1.807, 2.05) is 0 Å². The van der Waals surface area contributed by atoms with Gasteiger partial charge in [-0.1, -0.05) is 28.9 Å². The molecule has 72 valence electrons. The normalized spacial score (nSPS) is 12.9. The van der Waals surface area contributed by atoms with Gasteiger partial charge < -0.3 is 0 Å². The van der Waals surface area contributed by atoms with Crippen LogP contribution in [0.5, 0.6) is 0 Å². The first-order valence-electron chi connectivity index (χ1n) is 4.40. The van der Waals surface area contributed by atoms with Crippen LogP contribution in [0.15, 0.2) is 22.7 Å². The lowest BCUT2D eigenvalue weighted by molar-refractivity contribution is 0.538. The molecule has 0 radical (unpaired) electrons. The summed E-state index contributed by atoms with van der Waals surface area (Å²) in [6.07, 6.45) is 0.992. The average molecular weight is 243 g/mol. The molecule has 1 aromatic rings. The average Bonchev–Trinajstić information content (AvgIpc) is 2.04. The molecule has 0 fully saturated rings. The Balaban J connectivity index is 2.99. The van der Waals surface area contributed by atoms with Crippen LogP contribution in [0, 0.1) is 6.92 Å². The van der Waals surface area contributed by atoms with Crippen molar-refractivity contribution in [2.75, 3.05) is 0 Å². The molecule has 0 aliphatic heterocycles. The summed E-state index contributed by atoms with van der Waals surface area (Å²) in [6.45, 7) is 4.19. The fraction of sp³-hybridized carbons (Fsp3) is 0.400. The van der Waals surface area contributed by atoms with E-state index in [-0.39, 0.29) is 6.04 Å². The fourth-order valence-corrected chi connectivity index (χ4v) is 2.04. The number of rotatable bonds is 3. The Labute approximate surface area is 87.6 Å². The van der Waals surface area contributed by atoms with E-state index in [4.69, 9.17) is 5.84 Å². The van der Waals surface area contributed by atoms with E-state index >= 15 is 0 Å². The third kappa shape index (κ3) is 2.79. The molecule has 0 aliphatic carbocycles. The summed E-state index contributed by atoms with van der Waals surface area (Å²) >= 11 is 3.47. The van der Waals surface area contributed by atoms with E-state index in [1.54, 1.807) is 0 Å². The highest BCUT2D eigenvalue weighted by atomic mass is 79.9. The minimum atomic E-state index is 0.246. The number of nitrogens with two attached hydrogens (primary N) is 1. The largest absolute Gasteiger partial charge is 0.271 e. The van der Waals surface area contributed by atoms with Gasteiger partial charge in [0, 0.05) is 10.5 Å². The van der Waals surface area contributed by atoms with Crippen molar-refractivity contribution in [2.45, 2.75) is 26.3 Å². The maximum atomic E-state index is 5.45. The Morgan fingerprint density at radius 1 is 1.46 bits per heavy atom. The number of hydrogen-bond donors (Lipinski definition) is 2.